The van der Waals surface area contributed by atoms with Crippen molar-refractivity contribution in [3.05, 3.63) is 0 Å². The van der Waals surface area contributed by atoms with E-state index in [1.807, 2.05) is 13.8 Å². The Balaban J connectivity index is 0.000000657. The number of carbonyl (C=O) groups excluding carboxylic acids is 1. The average molecular weight is 527 g/mol. The summed E-state index contributed by atoms with van der Waals surface area (Å²) in [5.41, 5.74) is 0. The van der Waals surface area contributed by atoms with Crippen molar-refractivity contribution in [2.75, 3.05) is 98.2 Å². The van der Waals surface area contributed by atoms with Crippen LogP contribution in [0, 0.1) is 11.8 Å². The van der Waals surface area contributed by atoms with E-state index in [0.717, 1.165) is 90.0 Å². The first-order chi connectivity index (χ1) is 17.8. The molecule has 0 radical (unpaired) electrons. The number of unbranched alkanes of at least 4 members (excludes halogenated alkanes) is 1. The number of piperazine rings is 2. The SMILES string of the molecule is CC.CC(C)CN(CCN1CCNCC1)CC(C)C.CCCCN(CCN1CCNCC1)C(=O)CCC. The normalized spacial score (nSPS) is 16.8. The largest absolute Gasteiger partial charge is 0.341 e. The van der Waals surface area contributed by atoms with Crippen molar-refractivity contribution in [3.63, 3.8) is 0 Å². The van der Waals surface area contributed by atoms with Crippen LogP contribution >= 0.6 is 0 Å². The van der Waals surface area contributed by atoms with Crippen LogP contribution in [-0.4, -0.2) is 124 Å². The summed E-state index contributed by atoms with van der Waals surface area (Å²) in [5, 5.41) is 6.77. The van der Waals surface area contributed by atoms with Gasteiger partial charge in [-0.2, -0.15) is 0 Å². The number of rotatable bonds is 15. The smallest absolute Gasteiger partial charge is 0.222 e. The van der Waals surface area contributed by atoms with E-state index in [4.69, 9.17) is 0 Å². The first-order valence-corrected chi connectivity index (χ1v) is 15.7. The minimum absolute atomic E-state index is 0.334. The maximum absolute atomic E-state index is 12.0. The highest BCUT2D eigenvalue weighted by molar-refractivity contribution is 5.76. The van der Waals surface area contributed by atoms with E-state index in [2.05, 4.69) is 71.8 Å². The number of nitrogens with one attached hydrogen (secondary N) is 2. The maximum Gasteiger partial charge on any atom is 0.222 e. The standard InChI is InChI=1S/C14H29N3O.C14H31N3.C2H6/c1-3-5-9-17(14(18)6-4-2)13-12-16-10-7-15-8-11-16;1-13(2)11-17(12-14(3)4)10-9-16-7-5-15-6-8-16;1-2/h15H,3-13H2,1-2H3;13-15H,5-12H2,1-4H3;1-2H3. The zero-order valence-electron chi connectivity index (χ0n) is 26.3. The number of amides is 1. The third-order valence-corrected chi connectivity index (χ3v) is 6.68. The Morgan fingerprint density at radius 2 is 1.19 bits per heavy atom. The Labute approximate surface area is 232 Å². The third-order valence-electron chi connectivity index (χ3n) is 6.68. The fourth-order valence-electron chi connectivity index (χ4n) is 4.79. The molecule has 0 atom stereocenters. The zero-order valence-corrected chi connectivity index (χ0v) is 26.3. The molecule has 2 rings (SSSR count). The van der Waals surface area contributed by atoms with Crippen LogP contribution in [-0.2, 0) is 4.79 Å². The fraction of sp³-hybridized carbons (Fsp3) is 0.967. The quantitative estimate of drug-likeness (QED) is 0.338. The topological polar surface area (TPSA) is 54.1 Å². The van der Waals surface area contributed by atoms with Gasteiger partial charge < -0.3 is 20.4 Å². The van der Waals surface area contributed by atoms with E-state index >= 15 is 0 Å². The first kappa shape index (κ1) is 36.3. The van der Waals surface area contributed by atoms with Gasteiger partial charge in [0.05, 0.1) is 0 Å². The lowest BCUT2D eigenvalue weighted by atomic mass is 10.1. The molecule has 7 nitrogen and oxygen atoms in total. The second kappa shape index (κ2) is 24.3. The summed E-state index contributed by atoms with van der Waals surface area (Å²) in [4.78, 5) is 21.8. The Hall–Kier alpha value is -0.730. The molecule has 0 aromatic carbocycles. The van der Waals surface area contributed by atoms with Crippen LogP contribution in [0.5, 0.6) is 0 Å². The van der Waals surface area contributed by atoms with E-state index in [-0.39, 0.29) is 0 Å². The highest BCUT2D eigenvalue weighted by Crippen LogP contribution is 2.05. The molecule has 2 saturated heterocycles. The molecule has 2 aliphatic rings. The fourth-order valence-corrected chi connectivity index (χ4v) is 4.79. The van der Waals surface area contributed by atoms with Crippen LogP contribution in [0.4, 0.5) is 0 Å². The molecular formula is C30H66N6O. The van der Waals surface area contributed by atoms with Crippen molar-refractivity contribution in [3.8, 4) is 0 Å². The summed E-state index contributed by atoms with van der Waals surface area (Å²) < 4.78 is 0. The van der Waals surface area contributed by atoms with Crippen molar-refractivity contribution in [1.29, 1.82) is 0 Å². The Kier molecular flexibility index (Phi) is 23.8. The van der Waals surface area contributed by atoms with Crippen LogP contribution in [0.15, 0.2) is 0 Å². The molecule has 37 heavy (non-hydrogen) atoms. The van der Waals surface area contributed by atoms with E-state index in [9.17, 15) is 4.79 Å². The second-order valence-electron chi connectivity index (χ2n) is 11.2. The summed E-state index contributed by atoms with van der Waals surface area (Å²) in [6, 6.07) is 0. The minimum atomic E-state index is 0.334. The van der Waals surface area contributed by atoms with Crippen molar-refractivity contribution < 1.29 is 4.79 Å². The molecule has 0 saturated carbocycles. The highest BCUT2D eigenvalue weighted by Gasteiger charge is 2.15. The van der Waals surface area contributed by atoms with Gasteiger partial charge in [-0.15, -0.1) is 0 Å². The Morgan fingerprint density at radius 3 is 1.59 bits per heavy atom. The third kappa shape index (κ3) is 19.9. The van der Waals surface area contributed by atoms with Gasteiger partial charge in [0.2, 0.25) is 5.91 Å². The summed E-state index contributed by atoms with van der Waals surface area (Å²) >= 11 is 0. The summed E-state index contributed by atoms with van der Waals surface area (Å²) in [7, 11) is 0. The van der Waals surface area contributed by atoms with Crippen molar-refractivity contribution in [2.45, 2.75) is 81.1 Å². The van der Waals surface area contributed by atoms with Crippen molar-refractivity contribution >= 4 is 5.91 Å². The van der Waals surface area contributed by atoms with Crippen LogP contribution in [0.2, 0.25) is 0 Å². The van der Waals surface area contributed by atoms with Gasteiger partial charge in [0.25, 0.3) is 0 Å². The molecule has 2 heterocycles. The number of hydrogen-bond acceptors (Lipinski definition) is 6. The van der Waals surface area contributed by atoms with Gasteiger partial charge >= 0.3 is 0 Å². The predicted molar refractivity (Wildman–Crippen MR) is 162 cm³/mol. The number of hydrogen-bond donors (Lipinski definition) is 2. The molecule has 0 unspecified atom stereocenters. The van der Waals surface area contributed by atoms with E-state index in [1.54, 1.807) is 0 Å². The molecule has 0 spiro atoms. The van der Waals surface area contributed by atoms with E-state index in [1.165, 1.54) is 39.3 Å². The second-order valence-corrected chi connectivity index (χ2v) is 11.2. The van der Waals surface area contributed by atoms with Gasteiger partial charge in [-0.25, -0.2) is 0 Å². The van der Waals surface area contributed by atoms with E-state index in [0.29, 0.717) is 12.3 Å². The maximum atomic E-state index is 12.0. The van der Waals surface area contributed by atoms with Crippen LogP contribution in [0.25, 0.3) is 0 Å². The van der Waals surface area contributed by atoms with Crippen LogP contribution < -0.4 is 10.6 Å². The summed E-state index contributed by atoms with van der Waals surface area (Å²) in [6.45, 7) is 34.5. The average Bonchev–Trinajstić information content (AvgIpc) is 2.89. The van der Waals surface area contributed by atoms with Gasteiger partial charge in [-0.1, -0.05) is 61.8 Å². The molecule has 2 N–H and O–H groups in total. The van der Waals surface area contributed by atoms with Gasteiger partial charge in [0.1, 0.15) is 0 Å². The molecule has 0 aromatic rings. The lowest BCUT2D eigenvalue weighted by Gasteiger charge is -2.31. The zero-order chi connectivity index (χ0) is 27.9. The monoisotopic (exact) mass is 527 g/mol. The lowest BCUT2D eigenvalue weighted by Crippen LogP contribution is -2.47. The van der Waals surface area contributed by atoms with Gasteiger partial charge in [-0.05, 0) is 24.7 Å². The van der Waals surface area contributed by atoms with Crippen LogP contribution in [0.3, 0.4) is 0 Å². The number of nitrogens with zero attached hydrogens (tertiary/aromatic N) is 4. The summed E-state index contributed by atoms with van der Waals surface area (Å²) in [5.74, 6) is 1.88. The summed E-state index contributed by atoms with van der Waals surface area (Å²) in [6.07, 6.45) is 3.93. The highest BCUT2D eigenvalue weighted by atomic mass is 16.2. The van der Waals surface area contributed by atoms with Gasteiger partial charge in [0.15, 0.2) is 0 Å². The van der Waals surface area contributed by atoms with Crippen molar-refractivity contribution in [2.24, 2.45) is 11.8 Å². The Morgan fingerprint density at radius 1 is 0.730 bits per heavy atom. The van der Waals surface area contributed by atoms with Crippen LogP contribution in [0.1, 0.15) is 81.1 Å². The lowest BCUT2D eigenvalue weighted by molar-refractivity contribution is -0.131. The molecule has 0 aliphatic carbocycles. The molecule has 222 valence electrons. The predicted octanol–water partition coefficient (Wildman–Crippen LogP) is 3.85. The number of carbonyl (C=O) groups is 1. The van der Waals surface area contributed by atoms with Crippen molar-refractivity contribution in [1.82, 2.24) is 30.2 Å². The molecular weight excluding hydrogens is 460 g/mol. The van der Waals surface area contributed by atoms with Gasteiger partial charge in [-0.3, -0.25) is 14.6 Å². The molecule has 0 bridgehead atoms. The van der Waals surface area contributed by atoms with E-state index < -0.39 is 0 Å². The first-order valence-electron chi connectivity index (χ1n) is 15.7. The van der Waals surface area contributed by atoms with Gasteiger partial charge in [0, 0.05) is 105 Å². The molecule has 0 aromatic heterocycles. The minimum Gasteiger partial charge on any atom is -0.341 e. The molecule has 1 amide bonds. The molecule has 2 aliphatic heterocycles. The molecule has 2 fully saturated rings. The molecule has 7 heteroatoms. The Bertz CT molecular complexity index is 494.